The highest BCUT2D eigenvalue weighted by Crippen LogP contribution is 2.33. The van der Waals surface area contributed by atoms with Crippen molar-refractivity contribution in [3.8, 4) is 0 Å². The lowest BCUT2D eigenvalue weighted by Crippen LogP contribution is -2.18. The summed E-state index contributed by atoms with van der Waals surface area (Å²) in [5.41, 5.74) is 1.74. The van der Waals surface area contributed by atoms with E-state index in [9.17, 15) is 4.79 Å². The van der Waals surface area contributed by atoms with Crippen molar-refractivity contribution in [3.63, 3.8) is 0 Å². The Hall–Kier alpha value is -2.18. The second-order valence-electron chi connectivity index (χ2n) is 6.25. The van der Waals surface area contributed by atoms with E-state index in [0.717, 1.165) is 17.3 Å². The van der Waals surface area contributed by atoms with Crippen LogP contribution in [-0.4, -0.2) is 18.7 Å². The van der Waals surface area contributed by atoms with Crippen molar-refractivity contribution in [2.75, 3.05) is 12.8 Å². The standard InChI is InChI=1S/C22H23O2P/c1-17-15-18(2)21(16-17)22(23)24-13-14-25(19-9-5-3-6-10-19)20-11-7-4-8-12-20/h3-12,15-17H,13-14H2,1-2H3. The molecule has 2 aromatic rings. The Morgan fingerprint density at radius 2 is 1.52 bits per heavy atom. The molecule has 1 aliphatic carbocycles. The summed E-state index contributed by atoms with van der Waals surface area (Å²) in [4.78, 5) is 12.3. The number of hydrogen-bond acceptors (Lipinski definition) is 2. The van der Waals surface area contributed by atoms with E-state index in [2.05, 4.69) is 61.5 Å². The lowest BCUT2D eigenvalue weighted by atomic mass is 10.2. The summed E-state index contributed by atoms with van der Waals surface area (Å²) in [6.45, 7) is 4.48. The molecule has 0 radical (unpaired) electrons. The molecular weight excluding hydrogens is 327 g/mol. The van der Waals surface area contributed by atoms with E-state index < -0.39 is 7.92 Å². The molecule has 3 heteroatoms. The maximum absolute atomic E-state index is 12.3. The van der Waals surface area contributed by atoms with Crippen LogP contribution in [0.1, 0.15) is 13.8 Å². The van der Waals surface area contributed by atoms with Crippen LogP contribution in [0.5, 0.6) is 0 Å². The fraction of sp³-hybridized carbons (Fsp3) is 0.227. The molecule has 0 bridgehead atoms. The van der Waals surface area contributed by atoms with Crippen LogP contribution in [0, 0.1) is 5.92 Å². The lowest BCUT2D eigenvalue weighted by molar-refractivity contribution is -0.138. The Labute approximate surface area is 151 Å². The minimum Gasteiger partial charge on any atom is -0.462 e. The predicted octanol–water partition coefficient (Wildman–Crippen LogP) is 4.18. The zero-order valence-corrected chi connectivity index (χ0v) is 15.6. The second-order valence-corrected chi connectivity index (χ2v) is 8.58. The molecule has 0 aliphatic heterocycles. The lowest BCUT2D eigenvalue weighted by Gasteiger charge is -2.18. The first-order chi connectivity index (χ1) is 12.1. The first-order valence-electron chi connectivity index (χ1n) is 8.60. The molecule has 128 valence electrons. The Kier molecular flexibility index (Phi) is 5.83. The number of rotatable bonds is 6. The third-order valence-corrected chi connectivity index (χ3v) is 6.74. The predicted molar refractivity (Wildman–Crippen MR) is 106 cm³/mol. The summed E-state index contributed by atoms with van der Waals surface area (Å²) < 4.78 is 5.59. The molecule has 0 aromatic heterocycles. The zero-order valence-electron chi connectivity index (χ0n) is 14.7. The van der Waals surface area contributed by atoms with Crippen molar-refractivity contribution in [2.24, 2.45) is 5.92 Å². The van der Waals surface area contributed by atoms with Crippen molar-refractivity contribution >= 4 is 24.5 Å². The van der Waals surface area contributed by atoms with Gasteiger partial charge in [0, 0.05) is 6.16 Å². The van der Waals surface area contributed by atoms with Crippen molar-refractivity contribution in [1.82, 2.24) is 0 Å². The maximum Gasteiger partial charge on any atom is 0.338 e. The fourth-order valence-electron chi connectivity index (χ4n) is 3.09. The topological polar surface area (TPSA) is 26.3 Å². The molecule has 25 heavy (non-hydrogen) atoms. The van der Waals surface area contributed by atoms with E-state index in [0.29, 0.717) is 12.5 Å². The fourth-order valence-corrected chi connectivity index (χ4v) is 5.24. The van der Waals surface area contributed by atoms with Crippen LogP contribution >= 0.6 is 7.92 Å². The van der Waals surface area contributed by atoms with Crippen LogP contribution < -0.4 is 10.6 Å². The minimum absolute atomic E-state index is 0.200. The highest BCUT2D eigenvalue weighted by Gasteiger charge is 2.20. The summed E-state index contributed by atoms with van der Waals surface area (Å²) in [7, 11) is -0.525. The number of allylic oxidation sites excluding steroid dienone is 2. The number of benzene rings is 2. The Balaban J connectivity index is 1.67. The van der Waals surface area contributed by atoms with Gasteiger partial charge < -0.3 is 4.74 Å². The summed E-state index contributed by atoms with van der Waals surface area (Å²) >= 11 is 0. The van der Waals surface area contributed by atoms with Gasteiger partial charge in [0.05, 0.1) is 12.2 Å². The molecule has 1 atom stereocenters. The normalized spacial score (nSPS) is 16.5. The number of carbonyl (C=O) groups is 1. The van der Waals surface area contributed by atoms with Crippen LogP contribution in [-0.2, 0) is 9.53 Å². The third kappa shape index (κ3) is 4.46. The van der Waals surface area contributed by atoms with Crippen LogP contribution in [0.15, 0.2) is 84.0 Å². The monoisotopic (exact) mass is 350 g/mol. The van der Waals surface area contributed by atoms with Gasteiger partial charge in [-0.15, -0.1) is 0 Å². The van der Waals surface area contributed by atoms with E-state index in [1.165, 1.54) is 10.6 Å². The molecular formula is C22H23O2P. The first-order valence-corrected chi connectivity index (χ1v) is 10.1. The van der Waals surface area contributed by atoms with E-state index in [1.54, 1.807) is 0 Å². The van der Waals surface area contributed by atoms with Crippen LogP contribution in [0.25, 0.3) is 0 Å². The van der Waals surface area contributed by atoms with Gasteiger partial charge in [-0.2, -0.15) is 0 Å². The Bertz CT molecular complexity index is 739. The molecule has 3 rings (SSSR count). The van der Waals surface area contributed by atoms with Crippen molar-refractivity contribution in [1.29, 1.82) is 0 Å². The van der Waals surface area contributed by atoms with Crippen molar-refractivity contribution in [3.05, 3.63) is 84.0 Å². The van der Waals surface area contributed by atoms with E-state index in [4.69, 9.17) is 4.74 Å². The Morgan fingerprint density at radius 1 is 0.960 bits per heavy atom. The van der Waals surface area contributed by atoms with E-state index in [-0.39, 0.29) is 5.97 Å². The van der Waals surface area contributed by atoms with Gasteiger partial charge >= 0.3 is 5.97 Å². The molecule has 0 heterocycles. The van der Waals surface area contributed by atoms with Gasteiger partial charge in [-0.05, 0) is 36.9 Å². The van der Waals surface area contributed by atoms with Gasteiger partial charge in [-0.1, -0.05) is 79.7 Å². The summed E-state index contributed by atoms with van der Waals surface area (Å²) in [5.74, 6) is 0.113. The van der Waals surface area contributed by atoms with E-state index >= 15 is 0 Å². The number of esters is 1. The van der Waals surface area contributed by atoms with Crippen molar-refractivity contribution in [2.45, 2.75) is 13.8 Å². The number of hydrogen-bond donors (Lipinski definition) is 0. The van der Waals surface area contributed by atoms with Gasteiger partial charge in [0.25, 0.3) is 0 Å². The minimum atomic E-state index is -0.525. The summed E-state index contributed by atoms with van der Waals surface area (Å²) in [5, 5.41) is 2.62. The Morgan fingerprint density at radius 3 is 2.00 bits per heavy atom. The molecule has 1 aliphatic rings. The molecule has 0 amide bonds. The molecule has 0 fully saturated rings. The van der Waals surface area contributed by atoms with Crippen molar-refractivity contribution < 1.29 is 9.53 Å². The first kappa shape index (κ1) is 17.6. The van der Waals surface area contributed by atoms with Crippen LogP contribution in [0.2, 0.25) is 0 Å². The van der Waals surface area contributed by atoms with Gasteiger partial charge in [-0.25, -0.2) is 4.79 Å². The van der Waals surface area contributed by atoms with Crippen LogP contribution in [0.4, 0.5) is 0 Å². The molecule has 0 N–H and O–H groups in total. The maximum atomic E-state index is 12.3. The molecule has 0 spiro atoms. The molecule has 2 aromatic carbocycles. The average Bonchev–Trinajstić information content (AvgIpc) is 2.98. The molecule has 2 nitrogen and oxygen atoms in total. The summed E-state index contributed by atoms with van der Waals surface area (Å²) in [6.07, 6.45) is 4.91. The van der Waals surface area contributed by atoms with Gasteiger partial charge in [-0.3, -0.25) is 0 Å². The number of ether oxygens (including phenoxy) is 1. The zero-order chi connectivity index (χ0) is 17.6. The van der Waals surface area contributed by atoms with Gasteiger partial charge in [0.2, 0.25) is 0 Å². The highest BCUT2D eigenvalue weighted by atomic mass is 31.1. The third-order valence-electron chi connectivity index (χ3n) is 4.27. The average molecular weight is 350 g/mol. The second kappa shape index (κ2) is 8.27. The van der Waals surface area contributed by atoms with E-state index in [1.807, 2.05) is 25.1 Å². The van der Waals surface area contributed by atoms with Gasteiger partial charge in [0.1, 0.15) is 0 Å². The highest BCUT2D eigenvalue weighted by molar-refractivity contribution is 7.73. The molecule has 0 saturated carbocycles. The number of carbonyl (C=O) groups excluding carboxylic acids is 1. The SMILES string of the molecule is CC1=CC(C)C=C1C(=O)OCCP(c1ccccc1)c1ccccc1. The molecule has 1 unspecified atom stereocenters. The van der Waals surface area contributed by atoms with Gasteiger partial charge in [0.15, 0.2) is 0 Å². The largest absolute Gasteiger partial charge is 0.462 e. The van der Waals surface area contributed by atoms with Crippen LogP contribution in [0.3, 0.4) is 0 Å². The quantitative estimate of drug-likeness (QED) is 0.577. The smallest absolute Gasteiger partial charge is 0.338 e. The summed E-state index contributed by atoms with van der Waals surface area (Å²) in [6, 6.07) is 21.0. The molecule has 0 saturated heterocycles.